The van der Waals surface area contributed by atoms with Crippen LogP contribution in [0, 0.1) is 22.9 Å². The zero-order valence-electron chi connectivity index (χ0n) is 30.1. The van der Waals surface area contributed by atoms with Gasteiger partial charge in [-0.05, 0) is 79.1 Å². The fraction of sp³-hybridized carbons (Fsp3) is 0.429. The molecular weight excluding hydrogens is 589 g/mol. The number of hydrogen-bond acceptors (Lipinski definition) is 2. The van der Waals surface area contributed by atoms with Gasteiger partial charge in [0.1, 0.15) is 16.1 Å². The second kappa shape index (κ2) is 13.0. The Kier molecular flexibility index (Phi) is 9.57. The van der Waals surface area contributed by atoms with Crippen LogP contribution in [0.15, 0.2) is 60.9 Å². The van der Waals surface area contributed by atoms with E-state index in [1.807, 2.05) is 0 Å². The highest BCUT2D eigenvalue weighted by atomic mass is 28.3. The van der Waals surface area contributed by atoms with Crippen LogP contribution in [0.2, 0.25) is 33.2 Å². The first-order valence-electron chi connectivity index (χ1n) is 17.3. The fourth-order valence-electron chi connectivity index (χ4n) is 8.85. The van der Waals surface area contributed by atoms with Crippen LogP contribution in [0.3, 0.4) is 0 Å². The average Bonchev–Trinajstić information content (AvgIpc) is 2.99. The maximum Gasteiger partial charge on any atom is 0.146 e. The largest absolute Gasteiger partial charge is 0.253 e. The summed E-state index contributed by atoms with van der Waals surface area (Å²) >= 11 is 0. The Morgan fingerprint density at radius 3 is 1.07 bits per heavy atom. The van der Waals surface area contributed by atoms with E-state index in [-0.39, 0.29) is 0 Å². The van der Waals surface area contributed by atoms with E-state index < -0.39 is 16.1 Å². The Bertz CT molecular complexity index is 1760. The summed E-state index contributed by atoms with van der Waals surface area (Å²) in [7, 11) is -3.99. The van der Waals surface area contributed by atoms with Gasteiger partial charge >= 0.3 is 0 Å². The second-order valence-electron chi connectivity index (χ2n) is 15.2. The summed E-state index contributed by atoms with van der Waals surface area (Å²) in [6.07, 6.45) is 3.58. The average molecular weight is 641 g/mol. The molecule has 4 aromatic carbocycles. The van der Waals surface area contributed by atoms with Crippen LogP contribution in [0.5, 0.6) is 0 Å². The summed E-state index contributed by atoms with van der Waals surface area (Å²) in [4.78, 5) is 9.50. The Labute approximate surface area is 279 Å². The highest BCUT2D eigenvalue weighted by Gasteiger charge is 2.42. The molecule has 0 radical (unpaired) electrons. The molecule has 0 aliphatic carbocycles. The van der Waals surface area contributed by atoms with E-state index in [4.69, 9.17) is 9.97 Å². The Morgan fingerprint density at radius 1 is 0.457 bits per heavy atom. The number of benzene rings is 4. The summed E-state index contributed by atoms with van der Waals surface area (Å²) in [6, 6.07) is 17.9. The van der Waals surface area contributed by atoms with E-state index >= 15 is 0 Å². The first-order chi connectivity index (χ1) is 21.7. The zero-order chi connectivity index (χ0) is 33.6. The summed E-state index contributed by atoms with van der Waals surface area (Å²) in [5.41, 5.74) is 15.5. The SMILES string of the molecule is CC(C)[Si](C#Cc1c2cc3ccccc3cc2c(C#C[Si](C(C)C)(C(C)C)C(C)C)c2cc3nccnc3cc12)(C(C)C)C(C)C. The van der Waals surface area contributed by atoms with Gasteiger partial charge in [0, 0.05) is 34.3 Å². The quantitative estimate of drug-likeness (QED) is 0.105. The lowest BCUT2D eigenvalue weighted by molar-refractivity contribution is 0.838. The maximum atomic E-state index is 4.75. The third kappa shape index (κ3) is 5.59. The zero-order valence-corrected chi connectivity index (χ0v) is 32.1. The monoisotopic (exact) mass is 640 g/mol. The predicted octanol–water partition coefficient (Wildman–Crippen LogP) is 12.2. The van der Waals surface area contributed by atoms with Gasteiger partial charge in [0.25, 0.3) is 0 Å². The number of rotatable bonds is 6. The van der Waals surface area contributed by atoms with E-state index in [1.54, 1.807) is 12.4 Å². The van der Waals surface area contributed by atoms with E-state index in [9.17, 15) is 0 Å². The minimum Gasteiger partial charge on any atom is -0.253 e. The molecule has 0 N–H and O–H groups in total. The lowest BCUT2D eigenvalue weighted by atomic mass is 9.90. The van der Waals surface area contributed by atoms with Crippen molar-refractivity contribution in [1.82, 2.24) is 9.97 Å². The van der Waals surface area contributed by atoms with Crippen molar-refractivity contribution >= 4 is 59.5 Å². The van der Waals surface area contributed by atoms with E-state index in [0.29, 0.717) is 33.2 Å². The third-order valence-electron chi connectivity index (χ3n) is 11.1. The molecule has 4 heteroatoms. The molecular formula is C42H52N2Si2. The molecule has 46 heavy (non-hydrogen) atoms. The van der Waals surface area contributed by atoms with Gasteiger partial charge < -0.3 is 0 Å². The molecule has 1 heterocycles. The van der Waals surface area contributed by atoms with Crippen LogP contribution in [0.1, 0.15) is 94.2 Å². The Hall–Kier alpha value is -3.45. The molecule has 0 aliphatic heterocycles. The molecule has 238 valence electrons. The summed E-state index contributed by atoms with van der Waals surface area (Å²) in [5.74, 6) is 7.85. The van der Waals surface area contributed by atoms with Crippen molar-refractivity contribution in [3.63, 3.8) is 0 Å². The second-order valence-corrected chi connectivity index (χ2v) is 26.4. The molecule has 0 aliphatic rings. The predicted molar refractivity (Wildman–Crippen MR) is 208 cm³/mol. The van der Waals surface area contributed by atoms with Crippen molar-refractivity contribution in [2.75, 3.05) is 0 Å². The summed E-state index contributed by atoms with van der Waals surface area (Å²) < 4.78 is 0. The Balaban J connectivity index is 2.02. The lowest BCUT2D eigenvalue weighted by Crippen LogP contribution is -2.43. The molecule has 0 bridgehead atoms. The number of hydrogen-bond donors (Lipinski definition) is 0. The van der Waals surface area contributed by atoms with E-state index in [1.165, 1.54) is 21.5 Å². The fourth-order valence-corrected chi connectivity index (χ4v) is 19.3. The molecule has 2 nitrogen and oxygen atoms in total. The van der Waals surface area contributed by atoms with Crippen LogP contribution in [-0.4, -0.2) is 26.1 Å². The minimum absolute atomic E-state index is 0.552. The Morgan fingerprint density at radius 2 is 0.761 bits per heavy atom. The highest BCUT2D eigenvalue weighted by molar-refractivity contribution is 6.91. The number of aromatic nitrogens is 2. The normalized spacial score (nSPS) is 12.7. The molecule has 0 spiro atoms. The van der Waals surface area contributed by atoms with Crippen molar-refractivity contribution in [3.8, 4) is 22.9 Å². The molecule has 1 aromatic heterocycles. The number of nitrogens with zero attached hydrogens (tertiary/aromatic N) is 2. The molecule has 0 saturated heterocycles. The topological polar surface area (TPSA) is 25.8 Å². The smallest absolute Gasteiger partial charge is 0.146 e. The van der Waals surface area contributed by atoms with Crippen LogP contribution >= 0.6 is 0 Å². The van der Waals surface area contributed by atoms with Crippen molar-refractivity contribution in [1.29, 1.82) is 0 Å². The minimum atomic E-state index is -2.00. The highest BCUT2D eigenvalue weighted by Crippen LogP contribution is 2.43. The molecule has 0 amide bonds. The molecule has 5 rings (SSSR count). The van der Waals surface area contributed by atoms with Gasteiger partial charge in [0.2, 0.25) is 0 Å². The van der Waals surface area contributed by atoms with Gasteiger partial charge in [0.05, 0.1) is 11.0 Å². The van der Waals surface area contributed by atoms with E-state index in [2.05, 4.69) is 155 Å². The molecule has 0 atom stereocenters. The molecule has 0 saturated carbocycles. The van der Waals surface area contributed by atoms with Crippen molar-refractivity contribution in [3.05, 3.63) is 72.1 Å². The van der Waals surface area contributed by atoms with Gasteiger partial charge in [-0.15, -0.1) is 11.1 Å². The van der Waals surface area contributed by atoms with E-state index in [0.717, 1.165) is 32.9 Å². The van der Waals surface area contributed by atoms with Gasteiger partial charge in [-0.25, -0.2) is 0 Å². The van der Waals surface area contributed by atoms with Gasteiger partial charge in [0.15, 0.2) is 0 Å². The van der Waals surface area contributed by atoms with Crippen molar-refractivity contribution < 1.29 is 0 Å². The molecule has 0 fully saturated rings. The summed E-state index contributed by atoms with van der Waals surface area (Å²) in [6.45, 7) is 28.7. The van der Waals surface area contributed by atoms with Crippen LogP contribution in [0.25, 0.3) is 43.4 Å². The van der Waals surface area contributed by atoms with Crippen LogP contribution in [-0.2, 0) is 0 Å². The van der Waals surface area contributed by atoms with Gasteiger partial charge in [-0.3, -0.25) is 9.97 Å². The molecule has 0 unspecified atom stereocenters. The van der Waals surface area contributed by atoms with Crippen molar-refractivity contribution in [2.45, 2.75) is 116 Å². The first kappa shape index (κ1) is 33.9. The summed E-state index contributed by atoms with van der Waals surface area (Å²) in [5, 5.41) is 7.11. The van der Waals surface area contributed by atoms with Crippen LogP contribution < -0.4 is 0 Å². The first-order valence-corrected chi connectivity index (χ1v) is 21.8. The van der Waals surface area contributed by atoms with Crippen LogP contribution in [0.4, 0.5) is 0 Å². The molecule has 5 aromatic rings. The maximum absolute atomic E-state index is 4.75. The lowest BCUT2D eigenvalue weighted by Gasteiger charge is -2.38. The van der Waals surface area contributed by atoms with Gasteiger partial charge in [-0.1, -0.05) is 119 Å². The van der Waals surface area contributed by atoms with Gasteiger partial charge in [-0.2, -0.15) is 0 Å². The standard InChI is InChI=1S/C42H52N2Si2/c1-27(2)45(28(3)4,29(5)6)21-17-35-37-23-33-15-13-14-16-34(33)24-38(37)36(18-22-46(30(7)8,31(9)10)32(11)12)40-26-42-41(25-39(35)40)43-19-20-44-42/h13-16,19-20,23-32H,1-12H3. The number of fused-ring (bicyclic) bond motifs is 4. The third-order valence-corrected chi connectivity index (χ3v) is 23.7. The van der Waals surface area contributed by atoms with Crippen molar-refractivity contribution in [2.24, 2.45) is 0 Å².